The fraction of sp³-hybridized carbons (Fsp3) is 0.125. The third kappa shape index (κ3) is 3.43. The number of aromatic hydroxyl groups is 1. The predicted molar refractivity (Wildman–Crippen MR) is 115 cm³/mol. The van der Waals surface area contributed by atoms with Gasteiger partial charge in [0.05, 0.1) is 22.5 Å². The maximum absolute atomic E-state index is 12.3. The number of carbonyl (C=O) groups is 1. The first kappa shape index (κ1) is 18.6. The highest BCUT2D eigenvalue weighted by atomic mass is 16.3. The molecule has 2 aromatic carbocycles. The Morgan fingerprint density at radius 1 is 1.03 bits per heavy atom. The normalized spacial score (nSPS) is 11.8. The van der Waals surface area contributed by atoms with Crippen LogP contribution in [0.3, 0.4) is 0 Å². The van der Waals surface area contributed by atoms with Crippen LogP contribution in [0.1, 0.15) is 34.1 Å². The first-order valence-corrected chi connectivity index (χ1v) is 9.38. The molecule has 0 aliphatic rings. The van der Waals surface area contributed by atoms with Gasteiger partial charge in [0.15, 0.2) is 0 Å². The highest BCUT2D eigenvalue weighted by Gasteiger charge is 2.24. The maximum Gasteiger partial charge on any atom is 0.230 e. The fourth-order valence-electron chi connectivity index (χ4n) is 3.53. The molecule has 0 spiro atoms. The number of carbonyl (C=O) groups excluding carboxylic acids is 1. The zero-order chi connectivity index (χ0) is 20.5. The quantitative estimate of drug-likeness (QED) is 0.495. The van der Waals surface area contributed by atoms with Crippen molar-refractivity contribution in [3.8, 4) is 5.88 Å². The lowest BCUT2D eigenvalue weighted by molar-refractivity contribution is 0.0933. The Morgan fingerprint density at radius 3 is 2.48 bits per heavy atom. The fourth-order valence-corrected chi connectivity index (χ4v) is 3.53. The molecule has 1 N–H and O–H groups in total. The van der Waals surface area contributed by atoms with Gasteiger partial charge in [-0.3, -0.25) is 14.3 Å². The minimum atomic E-state index is -0.253. The molecule has 0 atom stereocenters. The molecule has 0 radical (unpaired) electrons. The number of nitrogens with zero attached hydrogens (tertiary/aromatic N) is 3. The lowest BCUT2D eigenvalue weighted by Gasteiger charge is -2.08. The average Bonchev–Trinajstić information content (AvgIpc) is 2.98. The Kier molecular flexibility index (Phi) is 4.72. The van der Waals surface area contributed by atoms with Crippen molar-refractivity contribution < 1.29 is 9.90 Å². The van der Waals surface area contributed by atoms with E-state index in [0.29, 0.717) is 16.8 Å². The van der Waals surface area contributed by atoms with E-state index in [1.165, 1.54) is 11.5 Å². The summed E-state index contributed by atoms with van der Waals surface area (Å²) in [4.78, 5) is 21.4. The van der Waals surface area contributed by atoms with E-state index >= 15 is 0 Å². The van der Waals surface area contributed by atoms with Crippen LogP contribution in [0, 0.1) is 13.8 Å². The number of aliphatic imine (C=N–C) groups is 1. The van der Waals surface area contributed by atoms with Crippen LogP contribution in [0.2, 0.25) is 0 Å². The highest BCUT2D eigenvalue weighted by Crippen LogP contribution is 2.35. The molecule has 144 valence electrons. The molecule has 0 saturated heterocycles. The van der Waals surface area contributed by atoms with Crippen LogP contribution in [0.15, 0.2) is 71.9 Å². The first-order valence-electron chi connectivity index (χ1n) is 9.38. The number of benzene rings is 2. The first-order chi connectivity index (χ1) is 14.0. The van der Waals surface area contributed by atoms with Crippen molar-refractivity contribution in [1.82, 2.24) is 9.55 Å². The molecule has 5 nitrogen and oxygen atoms in total. The van der Waals surface area contributed by atoms with Crippen molar-refractivity contribution in [2.45, 2.75) is 20.8 Å². The van der Waals surface area contributed by atoms with Crippen molar-refractivity contribution in [1.29, 1.82) is 0 Å². The van der Waals surface area contributed by atoms with Gasteiger partial charge < -0.3 is 5.11 Å². The standard InChI is InChI=1S/C24H21N3O2/c1-15-9-10-20-21(13-15)27(17(3)28)24(29)22(20)23(18-7-5-4-6-8-18)26-19-11-12-25-16(2)14-19/h4-14,29H,1-3H3. The number of aryl methyl sites for hydroxylation is 2. The van der Waals surface area contributed by atoms with E-state index in [-0.39, 0.29) is 11.8 Å². The van der Waals surface area contributed by atoms with Gasteiger partial charge in [0.25, 0.3) is 0 Å². The van der Waals surface area contributed by atoms with Crippen molar-refractivity contribution in [3.05, 3.63) is 89.2 Å². The van der Waals surface area contributed by atoms with Gasteiger partial charge in [0.2, 0.25) is 11.8 Å². The molecule has 0 aliphatic heterocycles. The minimum Gasteiger partial charge on any atom is -0.494 e. The van der Waals surface area contributed by atoms with E-state index in [1.807, 2.05) is 74.5 Å². The third-order valence-electron chi connectivity index (χ3n) is 4.82. The van der Waals surface area contributed by atoms with Crippen LogP contribution >= 0.6 is 0 Å². The molecule has 4 rings (SSSR count). The summed E-state index contributed by atoms with van der Waals surface area (Å²) < 4.78 is 1.34. The van der Waals surface area contributed by atoms with Crippen molar-refractivity contribution in [2.24, 2.45) is 4.99 Å². The molecule has 29 heavy (non-hydrogen) atoms. The van der Waals surface area contributed by atoms with Crippen LogP contribution in [0.5, 0.6) is 5.88 Å². The second-order valence-electron chi connectivity index (χ2n) is 7.06. The van der Waals surface area contributed by atoms with E-state index in [9.17, 15) is 9.90 Å². The van der Waals surface area contributed by atoms with Crippen LogP contribution in [-0.4, -0.2) is 26.3 Å². The molecular formula is C24H21N3O2. The summed E-state index contributed by atoms with van der Waals surface area (Å²) in [6, 6.07) is 19.2. The van der Waals surface area contributed by atoms with Crippen LogP contribution in [-0.2, 0) is 0 Å². The lowest BCUT2D eigenvalue weighted by Crippen LogP contribution is -2.06. The van der Waals surface area contributed by atoms with Crippen molar-refractivity contribution >= 4 is 28.2 Å². The Bertz CT molecular complexity index is 1250. The molecule has 2 aromatic heterocycles. The van der Waals surface area contributed by atoms with Crippen LogP contribution in [0.4, 0.5) is 5.69 Å². The van der Waals surface area contributed by atoms with Gasteiger partial charge in [-0.25, -0.2) is 4.99 Å². The highest BCUT2D eigenvalue weighted by molar-refractivity contribution is 6.23. The monoisotopic (exact) mass is 383 g/mol. The molecule has 2 heterocycles. The summed E-state index contributed by atoms with van der Waals surface area (Å²) in [5, 5.41) is 11.9. The second-order valence-corrected chi connectivity index (χ2v) is 7.06. The molecule has 5 heteroatoms. The largest absolute Gasteiger partial charge is 0.494 e. The Balaban J connectivity index is 2.08. The summed E-state index contributed by atoms with van der Waals surface area (Å²) in [5.74, 6) is -0.358. The molecule has 4 aromatic rings. The van der Waals surface area contributed by atoms with Gasteiger partial charge in [0.1, 0.15) is 0 Å². The Hall–Kier alpha value is -3.73. The van der Waals surface area contributed by atoms with Gasteiger partial charge in [-0.15, -0.1) is 0 Å². The van der Waals surface area contributed by atoms with Crippen molar-refractivity contribution in [3.63, 3.8) is 0 Å². The molecule has 0 fully saturated rings. The van der Waals surface area contributed by atoms with Crippen molar-refractivity contribution in [2.75, 3.05) is 0 Å². The summed E-state index contributed by atoms with van der Waals surface area (Å²) in [7, 11) is 0. The molecule has 0 bridgehead atoms. The number of rotatable bonds is 3. The summed E-state index contributed by atoms with van der Waals surface area (Å²) >= 11 is 0. The van der Waals surface area contributed by atoms with Gasteiger partial charge >= 0.3 is 0 Å². The van der Waals surface area contributed by atoms with Gasteiger partial charge in [-0.2, -0.15) is 0 Å². The Morgan fingerprint density at radius 2 is 1.79 bits per heavy atom. The zero-order valence-corrected chi connectivity index (χ0v) is 16.5. The van der Waals surface area contributed by atoms with Gasteiger partial charge in [-0.1, -0.05) is 42.5 Å². The molecule has 0 aliphatic carbocycles. The van der Waals surface area contributed by atoms with E-state index < -0.39 is 0 Å². The Labute approximate surface area is 169 Å². The average molecular weight is 383 g/mol. The van der Waals surface area contributed by atoms with Gasteiger partial charge in [0, 0.05) is 29.8 Å². The lowest BCUT2D eigenvalue weighted by atomic mass is 10.0. The topological polar surface area (TPSA) is 67.5 Å². The summed E-state index contributed by atoms with van der Waals surface area (Å²) in [6.07, 6.45) is 1.71. The summed E-state index contributed by atoms with van der Waals surface area (Å²) in [5.41, 5.74) is 5.24. The summed E-state index contributed by atoms with van der Waals surface area (Å²) in [6.45, 7) is 5.31. The minimum absolute atomic E-state index is 0.105. The molecule has 0 unspecified atom stereocenters. The second kappa shape index (κ2) is 7.36. The SMILES string of the molecule is CC(=O)n1c(O)c(C(=Nc2ccnc(C)c2)c2ccccc2)c2ccc(C)cc21. The third-order valence-corrected chi connectivity index (χ3v) is 4.82. The molecular weight excluding hydrogens is 362 g/mol. The van der Waals surface area contributed by atoms with Crippen LogP contribution < -0.4 is 0 Å². The van der Waals surface area contributed by atoms with Crippen LogP contribution in [0.25, 0.3) is 10.9 Å². The van der Waals surface area contributed by atoms with E-state index in [4.69, 9.17) is 4.99 Å². The number of pyridine rings is 1. The predicted octanol–water partition coefficient (Wildman–Crippen LogP) is 5.19. The van der Waals surface area contributed by atoms with Gasteiger partial charge in [-0.05, 0) is 37.6 Å². The molecule has 0 saturated carbocycles. The smallest absolute Gasteiger partial charge is 0.230 e. The zero-order valence-electron chi connectivity index (χ0n) is 16.5. The van der Waals surface area contributed by atoms with E-state index in [0.717, 1.165) is 27.9 Å². The van der Waals surface area contributed by atoms with E-state index in [2.05, 4.69) is 4.98 Å². The number of aromatic nitrogens is 2. The van der Waals surface area contributed by atoms with E-state index in [1.54, 1.807) is 6.20 Å². The number of fused-ring (bicyclic) bond motifs is 1. The maximum atomic E-state index is 12.3. The number of hydrogen-bond donors (Lipinski definition) is 1. The number of hydrogen-bond acceptors (Lipinski definition) is 4. The molecule has 0 amide bonds.